The topological polar surface area (TPSA) is 58.8 Å². The average Bonchev–Trinajstić information content (AvgIpc) is 3.00. The molecule has 0 spiro atoms. The molecule has 0 saturated heterocycles. The van der Waals surface area contributed by atoms with E-state index in [4.69, 9.17) is 9.15 Å². The molecule has 2 N–H and O–H groups in total. The fourth-order valence-electron chi connectivity index (χ4n) is 1.85. The Balaban J connectivity index is 0.00000529. The summed E-state index contributed by atoms with van der Waals surface area (Å²) in [5, 5.41) is 6.65. The Bertz CT molecular complexity index is 459. The van der Waals surface area contributed by atoms with Gasteiger partial charge in [0.1, 0.15) is 5.76 Å². The largest absolute Gasteiger partial charge is 0.469 e. The van der Waals surface area contributed by atoms with Crippen molar-refractivity contribution in [2.75, 3.05) is 32.8 Å². The first-order valence-corrected chi connectivity index (χ1v) is 8.34. The molecule has 1 heterocycles. The van der Waals surface area contributed by atoms with E-state index >= 15 is 0 Å². The van der Waals surface area contributed by atoms with Crippen LogP contribution in [0.25, 0.3) is 0 Å². The Labute approximate surface area is 163 Å². The zero-order valence-corrected chi connectivity index (χ0v) is 17.5. The van der Waals surface area contributed by atoms with Crippen molar-refractivity contribution < 1.29 is 9.15 Å². The second-order valence-corrected chi connectivity index (χ2v) is 6.13. The predicted molar refractivity (Wildman–Crippen MR) is 111 cm³/mol. The standard InChI is InChI=1S/C18H31N3O2.HI/c1-15(2)13-21-18(19-9-6-11-22-14-16(3)4)20-10-8-17-7-5-12-23-17;/h5,7,12,16H,1,6,8-11,13-14H2,2-4H3,(H2,19,20,21);1H. The minimum Gasteiger partial charge on any atom is -0.469 e. The maximum atomic E-state index is 5.58. The van der Waals surface area contributed by atoms with Crippen molar-refractivity contribution in [3.63, 3.8) is 0 Å². The molecule has 0 atom stereocenters. The van der Waals surface area contributed by atoms with Crippen LogP contribution in [0.5, 0.6) is 0 Å². The van der Waals surface area contributed by atoms with Gasteiger partial charge in [0, 0.05) is 32.7 Å². The summed E-state index contributed by atoms with van der Waals surface area (Å²) in [5.74, 6) is 2.36. The molecule has 1 aromatic rings. The summed E-state index contributed by atoms with van der Waals surface area (Å²) in [6, 6.07) is 3.88. The van der Waals surface area contributed by atoms with Gasteiger partial charge in [0.25, 0.3) is 0 Å². The van der Waals surface area contributed by atoms with Gasteiger partial charge in [-0.1, -0.05) is 26.0 Å². The molecule has 24 heavy (non-hydrogen) atoms. The average molecular weight is 449 g/mol. The Hall–Kier alpha value is -1.02. The number of ether oxygens (including phenoxy) is 1. The molecule has 0 amide bonds. The van der Waals surface area contributed by atoms with Crippen molar-refractivity contribution in [3.05, 3.63) is 36.3 Å². The number of rotatable bonds is 11. The monoisotopic (exact) mass is 449 g/mol. The third kappa shape index (κ3) is 12.4. The Morgan fingerprint density at radius 3 is 2.71 bits per heavy atom. The maximum Gasteiger partial charge on any atom is 0.191 e. The Morgan fingerprint density at radius 1 is 1.33 bits per heavy atom. The maximum absolute atomic E-state index is 5.58. The van der Waals surface area contributed by atoms with Crippen LogP contribution in [0.3, 0.4) is 0 Å². The second kappa shape index (κ2) is 14.3. The van der Waals surface area contributed by atoms with Crippen LogP contribution in [0.15, 0.2) is 40.0 Å². The van der Waals surface area contributed by atoms with Crippen LogP contribution < -0.4 is 10.6 Å². The van der Waals surface area contributed by atoms with E-state index in [9.17, 15) is 0 Å². The zero-order chi connectivity index (χ0) is 16.9. The van der Waals surface area contributed by atoms with Crippen molar-refractivity contribution in [1.82, 2.24) is 10.6 Å². The number of nitrogens with one attached hydrogen (secondary N) is 2. The number of furan rings is 1. The fraction of sp³-hybridized carbons (Fsp3) is 0.611. The van der Waals surface area contributed by atoms with E-state index in [2.05, 4.69) is 36.1 Å². The highest BCUT2D eigenvalue weighted by Crippen LogP contribution is 1.99. The third-order valence-electron chi connectivity index (χ3n) is 2.96. The molecule has 0 aliphatic carbocycles. The Kier molecular flexibility index (Phi) is 13.7. The predicted octanol–water partition coefficient (Wildman–Crippen LogP) is 3.61. The first-order valence-electron chi connectivity index (χ1n) is 8.34. The van der Waals surface area contributed by atoms with Gasteiger partial charge in [-0.3, -0.25) is 0 Å². The van der Waals surface area contributed by atoms with Gasteiger partial charge in [-0.25, -0.2) is 4.99 Å². The van der Waals surface area contributed by atoms with Gasteiger partial charge >= 0.3 is 0 Å². The van der Waals surface area contributed by atoms with Gasteiger partial charge in [-0.05, 0) is 31.4 Å². The highest BCUT2D eigenvalue weighted by atomic mass is 127. The van der Waals surface area contributed by atoms with Crippen LogP contribution >= 0.6 is 24.0 Å². The summed E-state index contributed by atoms with van der Waals surface area (Å²) in [6.07, 6.45) is 3.48. The number of nitrogens with zero attached hydrogens (tertiary/aromatic N) is 1. The van der Waals surface area contributed by atoms with E-state index < -0.39 is 0 Å². The van der Waals surface area contributed by atoms with E-state index in [0.29, 0.717) is 12.5 Å². The summed E-state index contributed by atoms with van der Waals surface area (Å²) in [6.45, 7) is 14.0. The van der Waals surface area contributed by atoms with E-state index in [1.165, 1.54) is 0 Å². The van der Waals surface area contributed by atoms with E-state index in [1.807, 2.05) is 19.1 Å². The lowest BCUT2D eigenvalue weighted by Crippen LogP contribution is -2.39. The molecule has 0 fully saturated rings. The van der Waals surface area contributed by atoms with Crippen LogP contribution in [0.2, 0.25) is 0 Å². The SMILES string of the molecule is C=C(C)CN=C(NCCCOCC(C)C)NCCc1ccco1.I. The van der Waals surface area contributed by atoms with Gasteiger partial charge in [-0.2, -0.15) is 0 Å². The molecule has 0 unspecified atom stereocenters. The van der Waals surface area contributed by atoms with Crippen LogP contribution in [-0.2, 0) is 11.2 Å². The summed E-state index contributed by atoms with van der Waals surface area (Å²) >= 11 is 0. The normalized spacial score (nSPS) is 11.2. The summed E-state index contributed by atoms with van der Waals surface area (Å²) in [4.78, 5) is 4.51. The van der Waals surface area contributed by atoms with Gasteiger partial charge in [-0.15, -0.1) is 24.0 Å². The smallest absolute Gasteiger partial charge is 0.191 e. The third-order valence-corrected chi connectivity index (χ3v) is 2.96. The van der Waals surface area contributed by atoms with Crippen LogP contribution in [-0.4, -0.2) is 38.8 Å². The molecule has 0 aromatic carbocycles. The van der Waals surface area contributed by atoms with Crippen molar-refractivity contribution in [2.24, 2.45) is 10.9 Å². The molecular formula is C18H32IN3O2. The first-order chi connectivity index (χ1) is 11.1. The number of hydrogen-bond donors (Lipinski definition) is 2. The van der Waals surface area contributed by atoms with Gasteiger partial charge < -0.3 is 19.8 Å². The van der Waals surface area contributed by atoms with E-state index in [-0.39, 0.29) is 24.0 Å². The molecule has 0 aliphatic rings. The molecule has 0 bridgehead atoms. The van der Waals surface area contributed by atoms with Crippen LogP contribution in [0.1, 0.15) is 33.0 Å². The minimum absolute atomic E-state index is 0. The molecule has 0 radical (unpaired) electrons. The van der Waals surface area contributed by atoms with E-state index in [1.54, 1.807) is 6.26 Å². The van der Waals surface area contributed by atoms with Crippen molar-refractivity contribution >= 4 is 29.9 Å². The molecule has 5 nitrogen and oxygen atoms in total. The van der Waals surface area contributed by atoms with Crippen LogP contribution in [0.4, 0.5) is 0 Å². The molecule has 6 heteroatoms. The number of guanidine groups is 1. The Morgan fingerprint density at radius 2 is 2.08 bits per heavy atom. The lowest BCUT2D eigenvalue weighted by molar-refractivity contribution is 0.108. The first kappa shape index (κ1) is 23.0. The van der Waals surface area contributed by atoms with Gasteiger partial charge in [0.15, 0.2) is 5.96 Å². The summed E-state index contributed by atoms with van der Waals surface area (Å²) in [7, 11) is 0. The fourth-order valence-corrected chi connectivity index (χ4v) is 1.85. The number of hydrogen-bond acceptors (Lipinski definition) is 3. The molecular weight excluding hydrogens is 417 g/mol. The molecule has 1 rings (SSSR count). The van der Waals surface area contributed by atoms with Crippen molar-refractivity contribution in [2.45, 2.75) is 33.6 Å². The highest BCUT2D eigenvalue weighted by Gasteiger charge is 2.01. The van der Waals surface area contributed by atoms with Crippen LogP contribution in [0, 0.1) is 5.92 Å². The van der Waals surface area contributed by atoms with Gasteiger partial charge in [0.2, 0.25) is 0 Å². The molecule has 138 valence electrons. The zero-order valence-electron chi connectivity index (χ0n) is 15.1. The van der Waals surface area contributed by atoms with Crippen molar-refractivity contribution in [3.8, 4) is 0 Å². The highest BCUT2D eigenvalue weighted by molar-refractivity contribution is 14.0. The minimum atomic E-state index is 0. The quantitative estimate of drug-likeness (QED) is 0.178. The van der Waals surface area contributed by atoms with Crippen molar-refractivity contribution in [1.29, 1.82) is 0 Å². The second-order valence-electron chi connectivity index (χ2n) is 6.13. The molecule has 1 aromatic heterocycles. The summed E-state index contributed by atoms with van der Waals surface area (Å²) in [5.41, 5.74) is 1.04. The number of halogens is 1. The number of aliphatic imine (C=N–C) groups is 1. The van der Waals surface area contributed by atoms with Gasteiger partial charge in [0.05, 0.1) is 12.8 Å². The summed E-state index contributed by atoms with van der Waals surface area (Å²) < 4.78 is 10.9. The molecule has 0 aliphatic heterocycles. The lowest BCUT2D eigenvalue weighted by Gasteiger charge is -2.13. The van der Waals surface area contributed by atoms with E-state index in [0.717, 1.165) is 56.4 Å². The molecule has 0 saturated carbocycles. The lowest BCUT2D eigenvalue weighted by atomic mass is 10.2.